The van der Waals surface area contributed by atoms with Gasteiger partial charge in [0.25, 0.3) is 0 Å². The molecular formula is C24H41NO4S. The van der Waals surface area contributed by atoms with Crippen molar-refractivity contribution in [1.29, 1.82) is 0 Å². The second-order valence-electron chi connectivity index (χ2n) is 9.16. The fourth-order valence-electron chi connectivity index (χ4n) is 3.43. The number of ether oxygens (including phenoxy) is 1. The molecule has 0 aliphatic carbocycles. The van der Waals surface area contributed by atoms with Gasteiger partial charge in [-0.2, -0.15) is 0 Å². The summed E-state index contributed by atoms with van der Waals surface area (Å²) < 4.78 is 27.8. The molecule has 0 aromatic heterocycles. The summed E-state index contributed by atoms with van der Waals surface area (Å²) in [6.45, 7) is 5.72. The molecule has 172 valence electrons. The number of primary sulfonamides is 1. The van der Waals surface area contributed by atoms with Gasteiger partial charge in [0.05, 0.1) is 4.90 Å². The Bertz CT molecular complexity index is 706. The number of aryl methyl sites for hydroxylation is 1. The average Bonchev–Trinajstić information content (AvgIpc) is 2.63. The maximum absolute atomic E-state index is 11.6. The van der Waals surface area contributed by atoms with Gasteiger partial charge < -0.3 is 4.74 Å². The van der Waals surface area contributed by atoms with E-state index < -0.39 is 10.0 Å². The van der Waals surface area contributed by atoms with Gasteiger partial charge in [0.2, 0.25) is 10.0 Å². The highest BCUT2D eigenvalue weighted by Crippen LogP contribution is 2.15. The van der Waals surface area contributed by atoms with E-state index in [2.05, 4.69) is 0 Å². The molecule has 0 saturated carbocycles. The normalized spacial score (nSPS) is 12.1. The highest BCUT2D eigenvalue weighted by Gasteiger charge is 2.15. The molecule has 0 unspecified atom stereocenters. The van der Waals surface area contributed by atoms with Crippen LogP contribution in [0.4, 0.5) is 0 Å². The Morgan fingerprint density at radius 2 is 1.23 bits per heavy atom. The number of rotatable bonds is 15. The summed E-state index contributed by atoms with van der Waals surface area (Å²) in [5.74, 6) is -0.0805. The number of hydrogen-bond acceptors (Lipinski definition) is 4. The molecule has 0 spiro atoms. The summed E-state index contributed by atoms with van der Waals surface area (Å²) in [6, 6.07) is 6.88. The van der Waals surface area contributed by atoms with Gasteiger partial charge in [-0.25, -0.2) is 13.6 Å². The van der Waals surface area contributed by atoms with Gasteiger partial charge in [0, 0.05) is 6.42 Å². The van der Waals surface area contributed by atoms with Gasteiger partial charge in [0.1, 0.15) is 5.60 Å². The van der Waals surface area contributed by atoms with Crippen molar-refractivity contribution in [1.82, 2.24) is 0 Å². The van der Waals surface area contributed by atoms with Gasteiger partial charge in [-0.3, -0.25) is 4.79 Å². The monoisotopic (exact) mass is 439 g/mol. The van der Waals surface area contributed by atoms with E-state index in [1.54, 1.807) is 12.1 Å². The molecule has 0 radical (unpaired) electrons. The zero-order valence-electron chi connectivity index (χ0n) is 19.1. The number of benzene rings is 1. The second-order valence-corrected chi connectivity index (χ2v) is 10.7. The summed E-state index contributed by atoms with van der Waals surface area (Å²) >= 11 is 0. The molecule has 6 heteroatoms. The lowest BCUT2D eigenvalue weighted by Crippen LogP contribution is -2.23. The average molecular weight is 440 g/mol. The van der Waals surface area contributed by atoms with Crippen LogP contribution in [-0.4, -0.2) is 20.0 Å². The number of hydrogen-bond donors (Lipinski definition) is 1. The molecule has 0 amide bonds. The van der Waals surface area contributed by atoms with Crippen molar-refractivity contribution in [3.8, 4) is 0 Å². The standard InChI is InChI=1S/C24H41NO4S/c1-24(2,3)29-23(26)16-14-12-10-8-6-4-5-7-9-11-13-15-21-17-19-22(20-18-21)30(25,27)28/h17-20H,4-16H2,1-3H3,(H2,25,27,28). The summed E-state index contributed by atoms with van der Waals surface area (Å²) in [4.78, 5) is 11.8. The SMILES string of the molecule is CC(C)(C)OC(=O)CCCCCCCCCCCCCc1ccc(S(N)(=O)=O)cc1. The zero-order chi connectivity index (χ0) is 22.5. The third kappa shape index (κ3) is 13.8. The lowest BCUT2D eigenvalue weighted by molar-refractivity contribution is -0.154. The molecule has 30 heavy (non-hydrogen) atoms. The molecule has 0 aliphatic heterocycles. The van der Waals surface area contributed by atoms with Crippen LogP contribution < -0.4 is 5.14 Å². The van der Waals surface area contributed by atoms with Gasteiger partial charge in [-0.1, -0.05) is 69.9 Å². The van der Waals surface area contributed by atoms with Gasteiger partial charge >= 0.3 is 5.97 Å². The van der Waals surface area contributed by atoms with E-state index >= 15 is 0 Å². The van der Waals surface area contributed by atoms with E-state index in [1.807, 2.05) is 32.9 Å². The van der Waals surface area contributed by atoms with E-state index in [4.69, 9.17) is 9.88 Å². The number of carbonyl (C=O) groups is 1. The first-order valence-corrected chi connectivity index (χ1v) is 13.0. The Morgan fingerprint density at radius 3 is 1.67 bits per heavy atom. The molecular weight excluding hydrogens is 398 g/mol. The minimum Gasteiger partial charge on any atom is -0.460 e. The first-order chi connectivity index (χ1) is 14.1. The molecule has 0 bridgehead atoms. The summed E-state index contributed by atoms with van der Waals surface area (Å²) in [5.41, 5.74) is 0.785. The number of unbranched alkanes of at least 4 members (excludes halogenated alkanes) is 10. The van der Waals surface area contributed by atoms with Crippen LogP contribution >= 0.6 is 0 Å². The van der Waals surface area contributed by atoms with Crippen molar-refractivity contribution in [3.63, 3.8) is 0 Å². The largest absolute Gasteiger partial charge is 0.460 e. The van der Waals surface area contributed by atoms with Crippen LogP contribution in [0.1, 0.15) is 103 Å². The minimum absolute atomic E-state index is 0.0805. The van der Waals surface area contributed by atoms with Crippen molar-refractivity contribution in [3.05, 3.63) is 29.8 Å². The molecule has 0 aliphatic rings. The van der Waals surface area contributed by atoms with Crippen LogP contribution in [-0.2, 0) is 26.0 Å². The van der Waals surface area contributed by atoms with Crippen LogP contribution in [0, 0.1) is 0 Å². The quantitative estimate of drug-likeness (QED) is 0.272. The van der Waals surface area contributed by atoms with Crippen LogP contribution in [0.2, 0.25) is 0 Å². The number of sulfonamides is 1. The molecule has 1 rings (SSSR count). The lowest BCUT2D eigenvalue weighted by atomic mass is 10.0. The Balaban J connectivity index is 1.90. The summed E-state index contributed by atoms with van der Waals surface area (Å²) in [7, 11) is -3.59. The van der Waals surface area contributed by atoms with E-state index in [1.165, 1.54) is 51.4 Å². The predicted molar refractivity (Wildman–Crippen MR) is 123 cm³/mol. The highest BCUT2D eigenvalue weighted by molar-refractivity contribution is 7.89. The zero-order valence-corrected chi connectivity index (χ0v) is 19.9. The lowest BCUT2D eigenvalue weighted by Gasteiger charge is -2.19. The smallest absolute Gasteiger partial charge is 0.306 e. The number of nitrogens with two attached hydrogens (primary N) is 1. The Hall–Kier alpha value is -1.40. The van der Waals surface area contributed by atoms with Crippen LogP contribution in [0.3, 0.4) is 0 Å². The summed E-state index contributed by atoms with van der Waals surface area (Å²) in [5, 5.41) is 5.11. The Morgan fingerprint density at radius 1 is 0.800 bits per heavy atom. The third-order valence-electron chi connectivity index (χ3n) is 5.02. The number of carbonyl (C=O) groups excluding carboxylic acids is 1. The predicted octanol–water partition coefficient (Wildman–Crippen LogP) is 5.90. The van der Waals surface area contributed by atoms with Crippen molar-refractivity contribution < 1.29 is 17.9 Å². The number of esters is 1. The first kappa shape index (κ1) is 26.6. The van der Waals surface area contributed by atoms with Crippen LogP contribution in [0.5, 0.6) is 0 Å². The molecule has 5 nitrogen and oxygen atoms in total. The Labute approximate surface area is 183 Å². The van der Waals surface area contributed by atoms with Gasteiger partial charge in [-0.15, -0.1) is 0 Å². The molecule has 1 aromatic carbocycles. The Kier molecular flexibility index (Phi) is 12.3. The fraction of sp³-hybridized carbons (Fsp3) is 0.708. The van der Waals surface area contributed by atoms with E-state index in [9.17, 15) is 13.2 Å². The van der Waals surface area contributed by atoms with E-state index in [0.29, 0.717) is 6.42 Å². The first-order valence-electron chi connectivity index (χ1n) is 11.4. The molecule has 0 heterocycles. The van der Waals surface area contributed by atoms with Crippen molar-refractivity contribution in [2.45, 2.75) is 115 Å². The minimum atomic E-state index is -3.59. The third-order valence-corrected chi connectivity index (χ3v) is 5.95. The molecule has 0 saturated heterocycles. The van der Waals surface area contributed by atoms with E-state index in [0.717, 1.165) is 31.2 Å². The van der Waals surface area contributed by atoms with Gasteiger partial charge in [0.15, 0.2) is 0 Å². The molecule has 0 atom stereocenters. The molecule has 0 fully saturated rings. The molecule has 2 N–H and O–H groups in total. The second kappa shape index (κ2) is 13.8. The van der Waals surface area contributed by atoms with Crippen LogP contribution in [0.25, 0.3) is 0 Å². The summed E-state index contributed by atoms with van der Waals surface area (Å²) in [6.07, 6.45) is 14.8. The van der Waals surface area contributed by atoms with Crippen molar-refractivity contribution >= 4 is 16.0 Å². The molecule has 1 aromatic rings. The highest BCUT2D eigenvalue weighted by atomic mass is 32.2. The van der Waals surface area contributed by atoms with Crippen molar-refractivity contribution in [2.75, 3.05) is 0 Å². The van der Waals surface area contributed by atoms with Crippen molar-refractivity contribution in [2.24, 2.45) is 5.14 Å². The topological polar surface area (TPSA) is 86.5 Å². The van der Waals surface area contributed by atoms with E-state index in [-0.39, 0.29) is 16.5 Å². The fourth-order valence-corrected chi connectivity index (χ4v) is 3.94. The van der Waals surface area contributed by atoms with Gasteiger partial charge in [-0.05, 0) is 57.7 Å². The van der Waals surface area contributed by atoms with Crippen LogP contribution in [0.15, 0.2) is 29.2 Å². The maximum atomic E-state index is 11.6. The maximum Gasteiger partial charge on any atom is 0.306 e.